The van der Waals surface area contributed by atoms with Gasteiger partial charge in [0, 0.05) is 23.8 Å². The van der Waals surface area contributed by atoms with Crippen molar-refractivity contribution in [1.29, 1.82) is 0 Å². The van der Waals surface area contributed by atoms with Crippen molar-refractivity contribution in [1.82, 2.24) is 24.5 Å². The third-order valence-electron chi connectivity index (χ3n) is 7.09. The maximum Gasteiger partial charge on any atom is 0.167 e. The van der Waals surface area contributed by atoms with Gasteiger partial charge in [0.2, 0.25) is 0 Å². The number of nitrogens with two attached hydrogens (primary N) is 1. The van der Waals surface area contributed by atoms with E-state index in [0.29, 0.717) is 35.9 Å². The molecular formula is C23H23FN6O3. The SMILES string of the molecule is Cc1ncnc2c1ccn2[C@@H]1O[C@@H]2[C@H](Cc3cnc4cc(F)c(N)nc4c3)CC[C@]2(O)[C@H]1O. The van der Waals surface area contributed by atoms with Crippen LogP contribution in [0.25, 0.3) is 22.1 Å². The molecule has 33 heavy (non-hydrogen) atoms. The van der Waals surface area contributed by atoms with Gasteiger partial charge in [-0.2, -0.15) is 0 Å². The predicted molar refractivity (Wildman–Crippen MR) is 117 cm³/mol. The van der Waals surface area contributed by atoms with Crippen molar-refractivity contribution in [2.24, 2.45) is 5.92 Å². The zero-order chi connectivity index (χ0) is 22.9. The molecule has 0 bridgehead atoms. The van der Waals surface area contributed by atoms with Crippen LogP contribution < -0.4 is 5.73 Å². The van der Waals surface area contributed by atoms with Gasteiger partial charge in [-0.05, 0) is 49.8 Å². The van der Waals surface area contributed by atoms with Gasteiger partial charge in [0.15, 0.2) is 17.9 Å². The highest BCUT2D eigenvalue weighted by molar-refractivity contribution is 5.78. The molecule has 1 saturated carbocycles. The number of rotatable bonds is 3. The maximum atomic E-state index is 13.7. The van der Waals surface area contributed by atoms with Gasteiger partial charge < -0.3 is 25.3 Å². The van der Waals surface area contributed by atoms with Crippen molar-refractivity contribution in [2.45, 2.75) is 50.2 Å². The summed E-state index contributed by atoms with van der Waals surface area (Å²) < 4.78 is 21.7. The topological polar surface area (TPSA) is 132 Å². The van der Waals surface area contributed by atoms with Crippen LogP contribution in [0.1, 0.15) is 30.3 Å². The minimum absolute atomic E-state index is 0.0371. The highest BCUT2D eigenvalue weighted by Gasteiger charge is 2.61. The molecule has 170 valence electrons. The largest absolute Gasteiger partial charge is 0.385 e. The number of aromatic nitrogens is 5. The molecule has 10 heteroatoms. The number of aliphatic hydroxyl groups excluding tert-OH is 1. The molecule has 1 aliphatic carbocycles. The molecule has 0 unspecified atom stereocenters. The summed E-state index contributed by atoms with van der Waals surface area (Å²) in [7, 11) is 0. The summed E-state index contributed by atoms with van der Waals surface area (Å²) in [5, 5.41) is 23.3. The minimum Gasteiger partial charge on any atom is -0.385 e. The standard InChI is InChI=1S/C23H23FN6O3/c1-11-14-3-5-30(21(14)28-10-27-11)22-18(31)23(32)4-2-13(19(23)33-22)6-12-7-17-16(26-9-12)8-15(24)20(25)29-17/h3,5,7-10,13,18-19,22,31-32H,2,4,6H2,1H3,(H2,25,29)/t13-,18-,19+,22+,23-/m0/s1. The summed E-state index contributed by atoms with van der Waals surface area (Å²) in [5.74, 6) is -0.800. The molecule has 2 aliphatic rings. The van der Waals surface area contributed by atoms with Crippen molar-refractivity contribution in [3.05, 3.63) is 54.0 Å². The van der Waals surface area contributed by atoms with Gasteiger partial charge >= 0.3 is 0 Å². The van der Waals surface area contributed by atoms with E-state index in [-0.39, 0.29) is 11.7 Å². The number of fused-ring (bicyclic) bond motifs is 3. The molecule has 4 N–H and O–H groups in total. The van der Waals surface area contributed by atoms with E-state index in [1.54, 1.807) is 10.8 Å². The lowest BCUT2D eigenvalue weighted by Crippen LogP contribution is -2.45. The molecule has 0 radical (unpaired) electrons. The molecule has 1 saturated heterocycles. The molecule has 5 atom stereocenters. The second kappa shape index (κ2) is 7.14. The van der Waals surface area contributed by atoms with Crippen LogP contribution in [0.2, 0.25) is 0 Å². The summed E-state index contributed by atoms with van der Waals surface area (Å²) in [4.78, 5) is 17.0. The highest BCUT2D eigenvalue weighted by atomic mass is 19.1. The van der Waals surface area contributed by atoms with Crippen molar-refractivity contribution in [3.63, 3.8) is 0 Å². The van der Waals surface area contributed by atoms with Gasteiger partial charge in [-0.15, -0.1) is 0 Å². The molecule has 1 aliphatic heterocycles. The molecule has 6 rings (SSSR count). The van der Waals surface area contributed by atoms with E-state index in [9.17, 15) is 14.6 Å². The first kappa shape index (κ1) is 20.4. The number of halogens is 1. The van der Waals surface area contributed by atoms with E-state index in [0.717, 1.165) is 16.6 Å². The lowest BCUT2D eigenvalue weighted by atomic mass is 9.90. The first-order valence-corrected chi connectivity index (χ1v) is 10.9. The number of aryl methyl sites for hydroxylation is 1. The molecule has 4 aromatic rings. The van der Waals surface area contributed by atoms with Crippen molar-refractivity contribution in [3.8, 4) is 0 Å². The second-order valence-corrected chi connectivity index (χ2v) is 9.04. The Hall–Kier alpha value is -3.21. The summed E-state index contributed by atoms with van der Waals surface area (Å²) in [6, 6.07) is 4.99. The van der Waals surface area contributed by atoms with Gasteiger partial charge in [-0.3, -0.25) is 4.98 Å². The molecule has 0 spiro atoms. The summed E-state index contributed by atoms with van der Waals surface area (Å²) >= 11 is 0. The molecule has 4 aromatic heterocycles. The van der Waals surface area contributed by atoms with Crippen molar-refractivity contribution in [2.75, 3.05) is 5.73 Å². The third kappa shape index (κ3) is 3.01. The van der Waals surface area contributed by atoms with Crippen molar-refractivity contribution >= 4 is 27.9 Å². The Bertz CT molecular complexity index is 1390. The Morgan fingerprint density at radius 3 is 2.97 bits per heavy atom. The smallest absolute Gasteiger partial charge is 0.167 e. The molecule has 9 nitrogen and oxygen atoms in total. The number of nitrogens with zero attached hydrogens (tertiary/aromatic N) is 5. The molecule has 0 amide bonds. The van der Waals surface area contributed by atoms with E-state index in [1.165, 1.54) is 12.4 Å². The first-order valence-electron chi connectivity index (χ1n) is 10.9. The van der Waals surface area contributed by atoms with Crippen LogP contribution in [0.3, 0.4) is 0 Å². The number of hydrogen-bond donors (Lipinski definition) is 3. The fraction of sp³-hybridized carbons (Fsp3) is 0.391. The molecule has 0 aromatic carbocycles. The van der Waals surface area contributed by atoms with E-state index in [2.05, 4.69) is 19.9 Å². The van der Waals surface area contributed by atoms with Gasteiger partial charge in [-0.25, -0.2) is 19.3 Å². The minimum atomic E-state index is -1.36. The number of nitrogen functional groups attached to an aromatic ring is 1. The van der Waals surface area contributed by atoms with E-state index in [1.807, 2.05) is 25.3 Å². The van der Waals surface area contributed by atoms with Crippen LogP contribution in [0.4, 0.5) is 10.2 Å². The molecule has 5 heterocycles. The summed E-state index contributed by atoms with van der Waals surface area (Å²) in [6.45, 7) is 1.90. The van der Waals surface area contributed by atoms with Gasteiger partial charge in [-0.1, -0.05) is 0 Å². The average Bonchev–Trinajstić information content (AvgIpc) is 3.42. The normalized spacial score (nSPS) is 29.2. The Balaban J connectivity index is 1.29. The fourth-order valence-corrected chi connectivity index (χ4v) is 5.36. The van der Waals surface area contributed by atoms with Crippen LogP contribution in [0.5, 0.6) is 0 Å². The lowest BCUT2D eigenvalue weighted by Gasteiger charge is -2.26. The van der Waals surface area contributed by atoms with Gasteiger partial charge in [0.25, 0.3) is 0 Å². The van der Waals surface area contributed by atoms with Crippen LogP contribution in [0.15, 0.2) is 36.9 Å². The Labute approximate surface area is 188 Å². The first-order chi connectivity index (χ1) is 15.8. The van der Waals surface area contributed by atoms with E-state index >= 15 is 0 Å². The van der Waals surface area contributed by atoms with Gasteiger partial charge in [0.1, 0.15) is 23.7 Å². The number of ether oxygens (including phenoxy) is 1. The second-order valence-electron chi connectivity index (χ2n) is 9.04. The number of aliphatic hydroxyl groups is 2. The summed E-state index contributed by atoms with van der Waals surface area (Å²) in [6.07, 6.45) is 4.24. The fourth-order valence-electron chi connectivity index (χ4n) is 5.36. The quantitative estimate of drug-likeness (QED) is 0.432. The Morgan fingerprint density at radius 1 is 1.27 bits per heavy atom. The number of anilines is 1. The van der Waals surface area contributed by atoms with Crippen LogP contribution in [-0.4, -0.2) is 52.5 Å². The number of hydrogen-bond acceptors (Lipinski definition) is 8. The summed E-state index contributed by atoms with van der Waals surface area (Å²) in [5.41, 5.74) is 7.56. The maximum absolute atomic E-state index is 13.7. The monoisotopic (exact) mass is 450 g/mol. The zero-order valence-electron chi connectivity index (χ0n) is 17.9. The Kier molecular flexibility index (Phi) is 4.42. The van der Waals surface area contributed by atoms with Crippen LogP contribution in [0, 0.1) is 18.7 Å². The van der Waals surface area contributed by atoms with Gasteiger partial charge in [0.05, 0.1) is 22.8 Å². The van der Waals surface area contributed by atoms with Crippen LogP contribution >= 0.6 is 0 Å². The number of pyridine rings is 2. The average molecular weight is 450 g/mol. The predicted octanol–water partition coefficient (Wildman–Crippen LogP) is 2.05. The molecular weight excluding hydrogens is 427 g/mol. The third-order valence-corrected chi connectivity index (χ3v) is 7.09. The van der Waals surface area contributed by atoms with E-state index in [4.69, 9.17) is 10.5 Å². The van der Waals surface area contributed by atoms with E-state index < -0.39 is 29.9 Å². The van der Waals surface area contributed by atoms with Crippen LogP contribution in [-0.2, 0) is 11.2 Å². The van der Waals surface area contributed by atoms with Crippen molar-refractivity contribution < 1.29 is 19.3 Å². The molecule has 2 fully saturated rings. The highest BCUT2D eigenvalue weighted by Crippen LogP contribution is 2.50. The lowest BCUT2D eigenvalue weighted by molar-refractivity contribution is -0.0675. The Morgan fingerprint density at radius 2 is 2.12 bits per heavy atom. The zero-order valence-corrected chi connectivity index (χ0v) is 17.9.